The molecular weight excluding hydrogens is 856 g/mol. The van der Waals surface area contributed by atoms with Gasteiger partial charge < -0.3 is 63.8 Å². The van der Waals surface area contributed by atoms with Crippen LogP contribution in [0.25, 0.3) is 0 Å². The number of hydrogen-bond donors (Lipinski definition) is 6. The largest absolute Gasteiger partial charge is 0.481 e. The summed E-state index contributed by atoms with van der Waals surface area (Å²) in [7, 11) is 0. The third-order valence-electron chi connectivity index (χ3n) is 8.04. The second-order valence-electron chi connectivity index (χ2n) is 13.9. The van der Waals surface area contributed by atoms with Gasteiger partial charge in [0.2, 0.25) is 0 Å². The number of hydrogen-bond acceptors (Lipinski definition) is 19. The average molecular weight is 911 g/mol. The number of carbonyl (C=O) groups excluding carboxylic acids is 6. The summed E-state index contributed by atoms with van der Waals surface area (Å²) in [6.45, 7) is -6.52. The molecule has 25 nitrogen and oxygen atoms in total. The van der Waals surface area contributed by atoms with Gasteiger partial charge in [0.15, 0.2) is 11.2 Å². The van der Waals surface area contributed by atoms with E-state index in [2.05, 4.69) is 0 Å². The van der Waals surface area contributed by atoms with Gasteiger partial charge in [-0.05, 0) is 38.5 Å². The molecule has 0 aromatic heterocycles. The Kier molecular flexibility index (Phi) is 28.3. The summed E-state index contributed by atoms with van der Waals surface area (Å²) < 4.78 is 38.4. The molecule has 0 saturated heterocycles. The summed E-state index contributed by atoms with van der Waals surface area (Å²) in [5.41, 5.74) is -5.01. The number of esters is 6. The van der Waals surface area contributed by atoms with E-state index in [4.69, 9.17) is 63.8 Å². The lowest BCUT2D eigenvalue weighted by Crippen LogP contribution is -2.59. The van der Waals surface area contributed by atoms with Crippen LogP contribution >= 0.6 is 0 Å². The number of aliphatic carboxylic acids is 6. The van der Waals surface area contributed by atoms with Gasteiger partial charge in [0.05, 0.1) is 0 Å². The Hall–Kier alpha value is -6.40. The van der Waals surface area contributed by atoms with E-state index < -0.39 is 200 Å². The molecule has 0 aromatic rings. The van der Waals surface area contributed by atoms with Crippen LogP contribution in [-0.4, -0.2) is 153 Å². The predicted octanol–water partition coefficient (Wildman–Crippen LogP) is 1.27. The zero-order chi connectivity index (χ0) is 47.8. The maximum atomic E-state index is 12.9. The van der Waals surface area contributed by atoms with Crippen molar-refractivity contribution in [1.82, 2.24) is 0 Å². The molecule has 0 atom stereocenters. The summed E-state index contributed by atoms with van der Waals surface area (Å²) in [6.07, 6.45) is -7.42. The highest BCUT2D eigenvalue weighted by Crippen LogP contribution is 2.28. The van der Waals surface area contributed by atoms with Gasteiger partial charge >= 0.3 is 71.6 Å². The fourth-order valence-corrected chi connectivity index (χ4v) is 4.89. The summed E-state index contributed by atoms with van der Waals surface area (Å²) in [6, 6.07) is 0. The first-order chi connectivity index (χ1) is 29.6. The van der Waals surface area contributed by atoms with Gasteiger partial charge in [-0.15, -0.1) is 0 Å². The quantitative estimate of drug-likeness (QED) is 0.0375. The van der Waals surface area contributed by atoms with Crippen LogP contribution in [0.2, 0.25) is 0 Å². The molecule has 0 bridgehead atoms. The van der Waals surface area contributed by atoms with Gasteiger partial charge in [0.25, 0.3) is 0 Å². The lowest BCUT2D eigenvalue weighted by Gasteiger charge is -2.41. The van der Waals surface area contributed by atoms with Crippen molar-refractivity contribution in [2.45, 2.75) is 127 Å². The molecule has 0 rings (SSSR count). The fraction of sp³-hybridized carbons (Fsp3) is 0.684. The summed E-state index contributed by atoms with van der Waals surface area (Å²) in [5.74, 6) is -14.1. The van der Waals surface area contributed by atoms with Crippen LogP contribution in [0, 0.1) is 0 Å². The molecule has 0 aliphatic carbocycles. The zero-order valence-corrected chi connectivity index (χ0v) is 34.4. The molecule has 0 amide bonds. The molecule has 0 radical (unpaired) electrons. The third kappa shape index (κ3) is 31.2. The standard InChI is InChI=1S/C38H54O25/c39-25(40)7-1-13-31(51)57-19-37(20-58-32(52)14-2-8-26(41)42,21-59-33(53)15-3-9-27(43)44)63-38(22-60-34(54)16-4-10-28(45)46,23-61-35(55)17-5-11-29(47)48)24-62-36(56)18-6-12-30(49)50/h1-24H2,(H,39,40)(H,41,42)(H,43,44)(H,45,46)(H,47,48)(H,49,50). The molecule has 0 aromatic carbocycles. The minimum Gasteiger partial charge on any atom is -0.481 e. The van der Waals surface area contributed by atoms with Crippen molar-refractivity contribution in [3.05, 3.63) is 0 Å². The highest BCUT2D eigenvalue weighted by Gasteiger charge is 2.48. The molecule has 0 aliphatic rings. The van der Waals surface area contributed by atoms with Crippen molar-refractivity contribution in [3.63, 3.8) is 0 Å². The lowest BCUT2D eigenvalue weighted by atomic mass is 10.0. The van der Waals surface area contributed by atoms with Gasteiger partial charge in [-0.3, -0.25) is 57.5 Å². The van der Waals surface area contributed by atoms with E-state index in [1.807, 2.05) is 0 Å². The molecule has 6 N–H and O–H groups in total. The second kappa shape index (κ2) is 31.4. The Morgan fingerprint density at radius 1 is 0.254 bits per heavy atom. The minimum atomic E-state index is -2.51. The highest BCUT2D eigenvalue weighted by molar-refractivity contribution is 5.75. The monoisotopic (exact) mass is 910 g/mol. The first kappa shape index (κ1) is 56.6. The molecule has 0 unspecified atom stereocenters. The van der Waals surface area contributed by atoms with Crippen molar-refractivity contribution >= 4 is 71.6 Å². The van der Waals surface area contributed by atoms with Crippen molar-refractivity contribution in [3.8, 4) is 0 Å². The van der Waals surface area contributed by atoms with Gasteiger partial charge in [-0.2, -0.15) is 0 Å². The molecular formula is C38H54O25. The smallest absolute Gasteiger partial charge is 0.305 e. The summed E-state index contributed by atoms with van der Waals surface area (Å²) >= 11 is 0. The SMILES string of the molecule is O=C(O)CCCC(=O)OCC(COC(=O)CCCC(=O)O)(COC(=O)CCCC(=O)O)OC(COC(=O)CCCC(=O)O)(COC(=O)CCCC(=O)O)COC(=O)CCCC(=O)O. The fourth-order valence-electron chi connectivity index (χ4n) is 4.89. The Labute approximate surface area is 359 Å². The Morgan fingerprint density at radius 2 is 0.397 bits per heavy atom. The number of carboxylic acids is 6. The van der Waals surface area contributed by atoms with E-state index in [9.17, 15) is 57.5 Å². The molecule has 0 heterocycles. The number of ether oxygens (including phenoxy) is 7. The maximum Gasteiger partial charge on any atom is 0.305 e. The Morgan fingerprint density at radius 3 is 0.524 bits per heavy atom. The van der Waals surface area contributed by atoms with E-state index in [1.54, 1.807) is 0 Å². The average Bonchev–Trinajstić information content (AvgIpc) is 3.18. The van der Waals surface area contributed by atoms with Gasteiger partial charge in [-0.1, -0.05) is 0 Å². The van der Waals surface area contributed by atoms with Gasteiger partial charge in [0.1, 0.15) is 39.6 Å². The van der Waals surface area contributed by atoms with E-state index in [-0.39, 0.29) is 38.5 Å². The van der Waals surface area contributed by atoms with E-state index in [0.29, 0.717) is 0 Å². The van der Waals surface area contributed by atoms with E-state index in [1.165, 1.54) is 0 Å². The van der Waals surface area contributed by atoms with Crippen molar-refractivity contribution in [2.75, 3.05) is 39.6 Å². The molecule has 63 heavy (non-hydrogen) atoms. The molecule has 0 aliphatic heterocycles. The van der Waals surface area contributed by atoms with Gasteiger partial charge in [-0.25, -0.2) is 0 Å². The molecule has 0 fully saturated rings. The normalized spacial score (nSPS) is 11.0. The van der Waals surface area contributed by atoms with Crippen LogP contribution in [0.5, 0.6) is 0 Å². The first-order valence-electron chi connectivity index (χ1n) is 19.5. The predicted molar refractivity (Wildman–Crippen MR) is 201 cm³/mol. The minimum absolute atomic E-state index is 0.240. The second-order valence-corrected chi connectivity index (χ2v) is 13.9. The number of carboxylic acid groups (broad SMARTS) is 6. The molecule has 0 spiro atoms. The Balaban J connectivity index is 7.46. The lowest BCUT2D eigenvalue weighted by molar-refractivity contribution is -0.255. The van der Waals surface area contributed by atoms with Crippen LogP contribution in [0.1, 0.15) is 116 Å². The van der Waals surface area contributed by atoms with Crippen LogP contribution in [0.4, 0.5) is 0 Å². The maximum absolute atomic E-state index is 12.9. The topological polar surface area (TPSA) is 391 Å². The summed E-state index contributed by atoms with van der Waals surface area (Å²) in [4.78, 5) is 144. The highest BCUT2D eigenvalue weighted by atomic mass is 16.7. The van der Waals surface area contributed by atoms with Crippen LogP contribution in [-0.2, 0) is 90.7 Å². The van der Waals surface area contributed by atoms with Crippen LogP contribution in [0.15, 0.2) is 0 Å². The van der Waals surface area contributed by atoms with Crippen LogP contribution < -0.4 is 0 Å². The van der Waals surface area contributed by atoms with E-state index in [0.717, 1.165) is 0 Å². The number of carbonyl (C=O) groups is 12. The number of rotatable bonds is 38. The van der Waals surface area contributed by atoms with Crippen LogP contribution in [0.3, 0.4) is 0 Å². The van der Waals surface area contributed by atoms with Gasteiger partial charge in [0, 0.05) is 77.0 Å². The molecule has 25 heteroatoms. The van der Waals surface area contributed by atoms with Crippen molar-refractivity contribution < 1.29 is 121 Å². The van der Waals surface area contributed by atoms with Crippen molar-refractivity contribution in [2.24, 2.45) is 0 Å². The van der Waals surface area contributed by atoms with E-state index >= 15 is 0 Å². The third-order valence-corrected chi connectivity index (χ3v) is 8.04. The van der Waals surface area contributed by atoms with Crippen molar-refractivity contribution in [1.29, 1.82) is 0 Å². The summed E-state index contributed by atoms with van der Waals surface area (Å²) in [5, 5.41) is 54.0. The molecule has 356 valence electrons. The zero-order valence-electron chi connectivity index (χ0n) is 34.4. The Bertz CT molecular complexity index is 1290. The molecule has 0 saturated carbocycles. The first-order valence-corrected chi connectivity index (χ1v) is 19.5.